The molecule has 0 amide bonds. The fraction of sp³-hybridized carbons (Fsp3) is 0.133. The molecule has 0 aliphatic heterocycles. The fourth-order valence-electron chi connectivity index (χ4n) is 1.77. The van der Waals surface area contributed by atoms with Gasteiger partial charge in [0, 0.05) is 11.1 Å². The van der Waals surface area contributed by atoms with E-state index in [9.17, 15) is 4.39 Å². The van der Waals surface area contributed by atoms with Crippen LogP contribution >= 0.6 is 11.6 Å². The maximum atomic E-state index is 13.7. The monoisotopic (exact) mass is 274 g/mol. The lowest BCUT2D eigenvalue weighted by Crippen LogP contribution is -2.07. The average Bonchev–Trinajstić information content (AvgIpc) is 2.41. The number of nitriles is 1. The molecule has 1 unspecified atom stereocenters. The van der Waals surface area contributed by atoms with Gasteiger partial charge in [0.2, 0.25) is 0 Å². The van der Waals surface area contributed by atoms with Crippen molar-refractivity contribution in [2.75, 3.05) is 5.32 Å². The summed E-state index contributed by atoms with van der Waals surface area (Å²) in [6.45, 7) is 1.93. The van der Waals surface area contributed by atoms with Crippen LogP contribution in [0.3, 0.4) is 0 Å². The summed E-state index contributed by atoms with van der Waals surface area (Å²) in [6.07, 6.45) is 0. The van der Waals surface area contributed by atoms with Crippen molar-refractivity contribution in [1.29, 1.82) is 5.26 Å². The Morgan fingerprint density at radius 3 is 2.47 bits per heavy atom. The molecule has 0 saturated carbocycles. The van der Waals surface area contributed by atoms with Gasteiger partial charge in [0.1, 0.15) is 5.82 Å². The van der Waals surface area contributed by atoms with Gasteiger partial charge < -0.3 is 5.32 Å². The lowest BCUT2D eigenvalue weighted by atomic mass is 10.1. The Morgan fingerprint density at radius 2 is 1.89 bits per heavy atom. The maximum Gasteiger partial charge on any atom is 0.147 e. The second-order valence-corrected chi connectivity index (χ2v) is 4.66. The summed E-state index contributed by atoms with van der Waals surface area (Å²) < 4.78 is 13.7. The average molecular weight is 275 g/mol. The van der Waals surface area contributed by atoms with Crippen LogP contribution in [-0.4, -0.2) is 0 Å². The van der Waals surface area contributed by atoms with Gasteiger partial charge in [-0.3, -0.25) is 0 Å². The van der Waals surface area contributed by atoms with Crippen LogP contribution in [0.25, 0.3) is 0 Å². The first-order valence-electron chi connectivity index (χ1n) is 5.82. The molecule has 0 radical (unpaired) electrons. The molecule has 0 spiro atoms. The number of rotatable bonds is 3. The Bertz CT molecular complexity index is 617. The molecule has 1 atom stereocenters. The van der Waals surface area contributed by atoms with E-state index < -0.39 is 5.82 Å². The van der Waals surface area contributed by atoms with Crippen molar-refractivity contribution in [2.24, 2.45) is 0 Å². The quantitative estimate of drug-likeness (QED) is 0.893. The van der Waals surface area contributed by atoms with Crippen molar-refractivity contribution in [2.45, 2.75) is 13.0 Å². The SMILES string of the molecule is CC(Nc1ccc(C#N)cc1F)c1ccc(Cl)cc1. The predicted molar refractivity (Wildman–Crippen MR) is 74.6 cm³/mol. The molecule has 19 heavy (non-hydrogen) atoms. The number of nitrogens with zero attached hydrogens (tertiary/aromatic N) is 1. The Morgan fingerprint density at radius 1 is 1.21 bits per heavy atom. The third-order valence-electron chi connectivity index (χ3n) is 2.84. The van der Waals surface area contributed by atoms with Gasteiger partial charge in [0.25, 0.3) is 0 Å². The number of halogens is 2. The molecule has 0 aliphatic rings. The van der Waals surface area contributed by atoms with Crippen LogP contribution in [0.1, 0.15) is 24.1 Å². The van der Waals surface area contributed by atoms with Crippen molar-refractivity contribution in [3.05, 3.63) is 64.4 Å². The van der Waals surface area contributed by atoms with E-state index in [1.165, 1.54) is 6.07 Å². The second-order valence-electron chi connectivity index (χ2n) is 4.22. The first kappa shape index (κ1) is 13.4. The first-order valence-corrected chi connectivity index (χ1v) is 6.19. The van der Waals surface area contributed by atoms with E-state index in [0.717, 1.165) is 5.56 Å². The summed E-state index contributed by atoms with van der Waals surface area (Å²) >= 11 is 5.82. The number of hydrogen-bond acceptors (Lipinski definition) is 2. The minimum atomic E-state index is -0.431. The lowest BCUT2D eigenvalue weighted by molar-refractivity contribution is 0.627. The predicted octanol–water partition coefficient (Wildman–Crippen LogP) is 4.52. The normalized spacial score (nSPS) is 11.7. The van der Waals surface area contributed by atoms with Crippen molar-refractivity contribution < 1.29 is 4.39 Å². The summed E-state index contributed by atoms with van der Waals surface area (Å²) in [6, 6.07) is 13.6. The summed E-state index contributed by atoms with van der Waals surface area (Å²) in [4.78, 5) is 0. The Labute approximate surface area is 116 Å². The van der Waals surface area contributed by atoms with E-state index >= 15 is 0 Å². The second kappa shape index (κ2) is 5.73. The standard InChI is InChI=1S/C15H12ClFN2/c1-10(12-3-5-13(16)6-4-12)19-15-7-2-11(9-18)8-14(15)17/h2-8,10,19H,1H3. The van der Waals surface area contributed by atoms with E-state index in [2.05, 4.69) is 5.32 Å². The van der Waals surface area contributed by atoms with Crippen LogP contribution in [-0.2, 0) is 0 Å². The molecule has 0 aromatic heterocycles. The van der Waals surface area contributed by atoms with Crippen LogP contribution in [0, 0.1) is 17.1 Å². The van der Waals surface area contributed by atoms with Crippen molar-refractivity contribution >= 4 is 17.3 Å². The lowest BCUT2D eigenvalue weighted by Gasteiger charge is -2.16. The molecule has 0 aliphatic carbocycles. The zero-order valence-corrected chi connectivity index (χ0v) is 11.1. The molecule has 2 aromatic carbocycles. The van der Waals surface area contributed by atoms with Crippen LogP contribution in [0.4, 0.5) is 10.1 Å². The van der Waals surface area contributed by atoms with Crippen LogP contribution in [0.15, 0.2) is 42.5 Å². The molecule has 0 heterocycles. The molecule has 1 N–H and O–H groups in total. The van der Waals surface area contributed by atoms with Crippen molar-refractivity contribution in [3.63, 3.8) is 0 Å². The van der Waals surface area contributed by atoms with E-state index in [1.807, 2.05) is 25.1 Å². The van der Waals surface area contributed by atoms with Gasteiger partial charge in [0.15, 0.2) is 0 Å². The zero-order chi connectivity index (χ0) is 13.8. The molecule has 96 valence electrons. The zero-order valence-electron chi connectivity index (χ0n) is 10.3. The van der Waals surface area contributed by atoms with Gasteiger partial charge in [-0.25, -0.2) is 4.39 Å². The highest BCUT2D eigenvalue weighted by Crippen LogP contribution is 2.23. The van der Waals surface area contributed by atoms with Gasteiger partial charge >= 0.3 is 0 Å². The molecule has 2 rings (SSSR count). The van der Waals surface area contributed by atoms with Gasteiger partial charge in [-0.1, -0.05) is 23.7 Å². The summed E-state index contributed by atoms with van der Waals surface area (Å²) in [5.41, 5.74) is 1.69. The minimum Gasteiger partial charge on any atom is -0.376 e. The molecule has 2 nitrogen and oxygen atoms in total. The first-order chi connectivity index (χ1) is 9.10. The largest absolute Gasteiger partial charge is 0.376 e. The van der Waals surface area contributed by atoms with Crippen molar-refractivity contribution in [3.8, 4) is 6.07 Å². The summed E-state index contributed by atoms with van der Waals surface area (Å²) in [7, 11) is 0. The van der Waals surface area contributed by atoms with E-state index in [1.54, 1.807) is 24.3 Å². The molecule has 0 saturated heterocycles. The number of anilines is 1. The molecular formula is C15H12ClFN2. The van der Waals surface area contributed by atoms with Gasteiger partial charge in [-0.05, 0) is 42.8 Å². The van der Waals surface area contributed by atoms with Crippen LogP contribution in [0.5, 0.6) is 0 Å². The third-order valence-corrected chi connectivity index (χ3v) is 3.09. The Balaban J connectivity index is 2.17. The minimum absolute atomic E-state index is 0.0558. The van der Waals surface area contributed by atoms with E-state index in [-0.39, 0.29) is 6.04 Å². The Kier molecular flexibility index (Phi) is 4.03. The smallest absolute Gasteiger partial charge is 0.147 e. The molecule has 4 heteroatoms. The summed E-state index contributed by atoms with van der Waals surface area (Å²) in [5, 5.41) is 12.4. The number of nitrogens with one attached hydrogen (secondary N) is 1. The van der Waals surface area contributed by atoms with E-state index in [4.69, 9.17) is 16.9 Å². The molecule has 2 aromatic rings. The molecular weight excluding hydrogens is 263 g/mol. The van der Waals surface area contributed by atoms with Gasteiger partial charge in [-0.2, -0.15) is 5.26 Å². The molecule has 0 fully saturated rings. The van der Waals surface area contributed by atoms with E-state index in [0.29, 0.717) is 16.3 Å². The highest BCUT2D eigenvalue weighted by molar-refractivity contribution is 6.30. The van der Waals surface area contributed by atoms with Crippen LogP contribution < -0.4 is 5.32 Å². The van der Waals surface area contributed by atoms with Gasteiger partial charge in [0.05, 0.1) is 17.3 Å². The summed E-state index contributed by atoms with van der Waals surface area (Å²) in [5.74, 6) is -0.431. The molecule has 0 bridgehead atoms. The van der Waals surface area contributed by atoms with Gasteiger partial charge in [-0.15, -0.1) is 0 Å². The number of benzene rings is 2. The highest BCUT2D eigenvalue weighted by Gasteiger charge is 2.09. The number of hydrogen-bond donors (Lipinski definition) is 1. The fourth-order valence-corrected chi connectivity index (χ4v) is 1.90. The van der Waals surface area contributed by atoms with Crippen molar-refractivity contribution in [1.82, 2.24) is 0 Å². The third kappa shape index (κ3) is 3.24. The highest BCUT2D eigenvalue weighted by atomic mass is 35.5. The topological polar surface area (TPSA) is 35.8 Å². The Hall–Kier alpha value is -2.05. The maximum absolute atomic E-state index is 13.7. The van der Waals surface area contributed by atoms with Crippen LogP contribution in [0.2, 0.25) is 5.02 Å².